The van der Waals surface area contributed by atoms with Crippen molar-refractivity contribution < 1.29 is 9.53 Å². The SMILES string of the molecule is CCOC(=O)c1nnc(C)n1Cc1ccc(CC)s1. The van der Waals surface area contributed by atoms with Crippen molar-refractivity contribution in [2.75, 3.05) is 6.61 Å². The average Bonchev–Trinajstić information content (AvgIpc) is 2.98. The number of hydrogen-bond donors (Lipinski definition) is 0. The van der Waals surface area contributed by atoms with Gasteiger partial charge in [0.25, 0.3) is 0 Å². The molecule has 0 saturated carbocycles. The maximum atomic E-state index is 11.8. The molecule has 0 unspecified atom stereocenters. The van der Waals surface area contributed by atoms with E-state index in [-0.39, 0.29) is 5.82 Å². The molecule has 2 aromatic rings. The van der Waals surface area contributed by atoms with E-state index in [0.29, 0.717) is 13.2 Å². The second kappa shape index (κ2) is 5.97. The summed E-state index contributed by atoms with van der Waals surface area (Å²) in [6.07, 6.45) is 1.02. The highest BCUT2D eigenvalue weighted by Gasteiger charge is 2.18. The molecule has 2 heterocycles. The molecule has 19 heavy (non-hydrogen) atoms. The number of esters is 1. The maximum absolute atomic E-state index is 11.8. The van der Waals surface area contributed by atoms with E-state index in [1.165, 1.54) is 9.75 Å². The monoisotopic (exact) mass is 279 g/mol. The Bertz CT molecular complexity index is 574. The average molecular weight is 279 g/mol. The summed E-state index contributed by atoms with van der Waals surface area (Å²) >= 11 is 1.75. The van der Waals surface area contributed by atoms with Gasteiger partial charge in [-0.25, -0.2) is 4.79 Å². The van der Waals surface area contributed by atoms with Crippen molar-refractivity contribution in [3.8, 4) is 0 Å². The normalized spacial score (nSPS) is 10.7. The third-order valence-electron chi connectivity index (χ3n) is 2.77. The first-order valence-corrected chi connectivity index (χ1v) is 7.11. The minimum absolute atomic E-state index is 0.269. The lowest BCUT2D eigenvalue weighted by Gasteiger charge is -2.06. The summed E-state index contributed by atoms with van der Waals surface area (Å²) in [7, 11) is 0. The van der Waals surface area contributed by atoms with Crippen LogP contribution in [-0.2, 0) is 17.7 Å². The molecular weight excluding hydrogens is 262 g/mol. The molecule has 0 radical (unpaired) electrons. The summed E-state index contributed by atoms with van der Waals surface area (Å²) < 4.78 is 6.78. The van der Waals surface area contributed by atoms with Gasteiger partial charge < -0.3 is 9.30 Å². The van der Waals surface area contributed by atoms with Crippen molar-refractivity contribution >= 4 is 17.3 Å². The maximum Gasteiger partial charge on any atom is 0.376 e. The van der Waals surface area contributed by atoms with Crippen LogP contribution < -0.4 is 0 Å². The van der Waals surface area contributed by atoms with Crippen LogP contribution in [0.1, 0.15) is 40.0 Å². The zero-order valence-corrected chi connectivity index (χ0v) is 12.2. The van der Waals surface area contributed by atoms with Gasteiger partial charge in [0, 0.05) is 9.75 Å². The zero-order chi connectivity index (χ0) is 13.8. The lowest BCUT2D eigenvalue weighted by Crippen LogP contribution is -2.14. The van der Waals surface area contributed by atoms with Gasteiger partial charge >= 0.3 is 5.97 Å². The number of ether oxygens (including phenoxy) is 1. The van der Waals surface area contributed by atoms with Crippen molar-refractivity contribution in [3.05, 3.63) is 33.5 Å². The van der Waals surface area contributed by atoms with E-state index in [9.17, 15) is 4.79 Å². The fraction of sp³-hybridized carbons (Fsp3) is 0.462. The molecule has 5 nitrogen and oxygen atoms in total. The summed E-state index contributed by atoms with van der Waals surface area (Å²) in [4.78, 5) is 14.3. The highest BCUT2D eigenvalue weighted by molar-refractivity contribution is 7.11. The van der Waals surface area contributed by atoms with E-state index in [1.807, 2.05) is 6.92 Å². The molecule has 0 aliphatic heterocycles. The van der Waals surface area contributed by atoms with E-state index in [2.05, 4.69) is 29.3 Å². The first-order chi connectivity index (χ1) is 9.15. The number of thiophene rings is 1. The predicted octanol–water partition coefficient (Wildman–Crippen LogP) is 2.44. The Balaban J connectivity index is 2.24. The van der Waals surface area contributed by atoms with Gasteiger partial charge in [0.05, 0.1) is 13.2 Å². The minimum Gasteiger partial charge on any atom is -0.460 e. The largest absolute Gasteiger partial charge is 0.460 e. The minimum atomic E-state index is -0.421. The van der Waals surface area contributed by atoms with E-state index in [0.717, 1.165) is 12.2 Å². The summed E-state index contributed by atoms with van der Waals surface area (Å²) in [6, 6.07) is 4.20. The lowest BCUT2D eigenvalue weighted by molar-refractivity contribution is 0.0506. The first-order valence-electron chi connectivity index (χ1n) is 6.30. The summed E-state index contributed by atoms with van der Waals surface area (Å²) in [5.41, 5.74) is 0. The smallest absolute Gasteiger partial charge is 0.376 e. The molecule has 2 rings (SSSR count). The van der Waals surface area contributed by atoms with Crippen molar-refractivity contribution in [1.29, 1.82) is 0 Å². The van der Waals surface area contributed by atoms with Gasteiger partial charge in [0.1, 0.15) is 5.82 Å². The van der Waals surface area contributed by atoms with Gasteiger partial charge in [-0.3, -0.25) is 0 Å². The first kappa shape index (κ1) is 13.7. The number of rotatable bonds is 5. The predicted molar refractivity (Wildman–Crippen MR) is 73.5 cm³/mol. The van der Waals surface area contributed by atoms with E-state index >= 15 is 0 Å². The topological polar surface area (TPSA) is 57.0 Å². The van der Waals surface area contributed by atoms with Gasteiger partial charge in [0.15, 0.2) is 0 Å². The second-order valence-electron chi connectivity index (χ2n) is 4.10. The molecule has 0 bridgehead atoms. The highest BCUT2D eigenvalue weighted by Crippen LogP contribution is 2.19. The molecule has 0 saturated heterocycles. The number of aryl methyl sites for hydroxylation is 2. The fourth-order valence-electron chi connectivity index (χ4n) is 1.77. The summed E-state index contributed by atoms with van der Waals surface area (Å²) in [5, 5.41) is 7.86. The lowest BCUT2D eigenvalue weighted by atomic mass is 10.3. The van der Waals surface area contributed by atoms with Crippen LogP contribution in [0.3, 0.4) is 0 Å². The Morgan fingerprint density at radius 2 is 2.05 bits per heavy atom. The third-order valence-corrected chi connectivity index (χ3v) is 3.99. The van der Waals surface area contributed by atoms with E-state index < -0.39 is 5.97 Å². The molecular formula is C13H17N3O2S. The molecule has 102 valence electrons. The molecule has 0 aromatic carbocycles. The van der Waals surface area contributed by atoms with E-state index in [4.69, 9.17) is 4.74 Å². The molecule has 0 N–H and O–H groups in total. The zero-order valence-electron chi connectivity index (χ0n) is 11.3. The number of nitrogens with zero attached hydrogens (tertiary/aromatic N) is 3. The number of carbonyl (C=O) groups is 1. The molecule has 0 spiro atoms. The molecule has 0 amide bonds. The highest BCUT2D eigenvalue weighted by atomic mass is 32.1. The Hall–Kier alpha value is -1.69. The quantitative estimate of drug-likeness (QED) is 0.789. The Kier molecular flexibility index (Phi) is 4.31. The van der Waals surface area contributed by atoms with Gasteiger partial charge in [-0.05, 0) is 32.4 Å². The number of hydrogen-bond acceptors (Lipinski definition) is 5. The van der Waals surface area contributed by atoms with Gasteiger partial charge in [-0.15, -0.1) is 21.5 Å². The molecule has 0 aliphatic carbocycles. The standard InChI is InChI=1S/C13H17N3O2S/c1-4-10-6-7-11(19-10)8-16-9(3)14-15-12(16)13(17)18-5-2/h6-7H,4-5,8H2,1-3H3. The molecule has 2 aromatic heterocycles. The number of aromatic nitrogens is 3. The molecule has 0 atom stereocenters. The van der Waals surface area contributed by atoms with Gasteiger partial charge in [0.2, 0.25) is 5.82 Å². The van der Waals surface area contributed by atoms with Crippen LogP contribution in [0.2, 0.25) is 0 Å². The molecule has 0 aliphatic rings. The van der Waals surface area contributed by atoms with Crippen LogP contribution in [0.4, 0.5) is 0 Å². The van der Waals surface area contributed by atoms with Gasteiger partial charge in [-0.1, -0.05) is 6.92 Å². The summed E-state index contributed by atoms with van der Waals surface area (Å²) in [5.74, 6) is 0.565. The fourth-order valence-corrected chi connectivity index (χ4v) is 2.72. The Morgan fingerprint density at radius 1 is 1.32 bits per heavy atom. The molecule has 6 heteroatoms. The van der Waals surface area contributed by atoms with Crippen molar-refractivity contribution in [3.63, 3.8) is 0 Å². The van der Waals surface area contributed by atoms with Crippen LogP contribution in [0.15, 0.2) is 12.1 Å². The third kappa shape index (κ3) is 3.01. The van der Waals surface area contributed by atoms with Crippen molar-refractivity contribution in [2.45, 2.75) is 33.7 Å². The second-order valence-corrected chi connectivity index (χ2v) is 5.35. The molecule has 0 fully saturated rings. The van der Waals surface area contributed by atoms with E-state index in [1.54, 1.807) is 22.8 Å². The van der Waals surface area contributed by atoms with Crippen molar-refractivity contribution in [2.24, 2.45) is 0 Å². The van der Waals surface area contributed by atoms with Gasteiger partial charge in [-0.2, -0.15) is 0 Å². The number of carbonyl (C=O) groups excluding carboxylic acids is 1. The Morgan fingerprint density at radius 3 is 2.68 bits per heavy atom. The Labute approximate surface area is 116 Å². The van der Waals surface area contributed by atoms with Crippen molar-refractivity contribution in [1.82, 2.24) is 14.8 Å². The van der Waals surface area contributed by atoms with Crippen LogP contribution in [-0.4, -0.2) is 27.3 Å². The van der Waals surface area contributed by atoms with Crippen LogP contribution in [0, 0.1) is 6.92 Å². The van der Waals surface area contributed by atoms with Crippen LogP contribution in [0.25, 0.3) is 0 Å². The summed E-state index contributed by atoms with van der Waals surface area (Å²) in [6.45, 7) is 6.69. The van der Waals surface area contributed by atoms with Crippen LogP contribution in [0.5, 0.6) is 0 Å². The van der Waals surface area contributed by atoms with Crippen LogP contribution >= 0.6 is 11.3 Å².